The molecule has 0 atom stereocenters. The van der Waals surface area contributed by atoms with Crippen molar-refractivity contribution in [1.29, 1.82) is 0 Å². The third-order valence-electron chi connectivity index (χ3n) is 6.84. The van der Waals surface area contributed by atoms with Crippen LogP contribution in [-0.2, 0) is 16.5 Å². The molecule has 0 saturated heterocycles. The molecule has 0 saturated carbocycles. The molecule has 0 unspecified atom stereocenters. The number of hydrogen-bond donors (Lipinski definition) is 0. The molecule has 0 spiro atoms. The molecular formula is C35H52N2Ni. The van der Waals surface area contributed by atoms with Gasteiger partial charge in [0.05, 0.1) is 22.8 Å². The number of para-hydroxylation sites is 2. The first-order valence-electron chi connectivity index (χ1n) is 15.3. The van der Waals surface area contributed by atoms with Crippen molar-refractivity contribution in [3.63, 3.8) is 0 Å². The molecule has 2 aromatic carbocycles. The molecule has 0 radical (unpaired) electrons. The van der Waals surface area contributed by atoms with E-state index in [-0.39, 0.29) is 16.5 Å². The third-order valence-corrected chi connectivity index (χ3v) is 6.84. The molecule has 2 aromatic rings. The molecule has 0 aliphatic rings. The van der Waals surface area contributed by atoms with E-state index < -0.39 is 0 Å². The number of benzene rings is 2. The van der Waals surface area contributed by atoms with E-state index in [0.29, 0.717) is 0 Å². The summed E-state index contributed by atoms with van der Waals surface area (Å²) in [5.41, 5.74) is 4.07. The van der Waals surface area contributed by atoms with Crippen molar-refractivity contribution < 1.29 is 16.5 Å². The molecule has 0 bridgehead atoms. The Morgan fingerprint density at radius 2 is 1.00 bits per heavy atom. The van der Waals surface area contributed by atoms with Gasteiger partial charge in [-0.2, -0.15) is 0 Å². The van der Waals surface area contributed by atoms with Gasteiger partial charge in [-0.05, 0) is 56.0 Å². The minimum absolute atomic E-state index is 0. The number of aliphatic imine (C=N–C) groups is 2. The van der Waals surface area contributed by atoms with Gasteiger partial charge < -0.3 is 0 Å². The van der Waals surface area contributed by atoms with Gasteiger partial charge >= 0.3 is 0 Å². The third kappa shape index (κ3) is 16.8. The summed E-state index contributed by atoms with van der Waals surface area (Å²) in [7, 11) is 0. The Bertz CT molecular complexity index is 887. The van der Waals surface area contributed by atoms with Crippen LogP contribution >= 0.6 is 0 Å². The summed E-state index contributed by atoms with van der Waals surface area (Å²) in [5, 5.41) is 0. The summed E-state index contributed by atoms with van der Waals surface area (Å²) in [6, 6.07) is 20.6. The van der Waals surface area contributed by atoms with Crippen molar-refractivity contribution in [2.24, 2.45) is 9.98 Å². The second-order valence-corrected chi connectivity index (χ2v) is 10.3. The van der Waals surface area contributed by atoms with Crippen LogP contribution in [0, 0.1) is 0 Å². The Labute approximate surface area is 244 Å². The number of unbranched alkanes of at least 4 members (excludes halogenated alkanes) is 14. The smallest absolute Gasteiger partial charge is 0.0848 e. The first-order valence-corrected chi connectivity index (χ1v) is 15.3. The van der Waals surface area contributed by atoms with E-state index in [1.165, 1.54) is 83.5 Å². The topological polar surface area (TPSA) is 24.7 Å². The fourth-order valence-electron chi connectivity index (χ4n) is 4.56. The van der Waals surface area contributed by atoms with Gasteiger partial charge in [-0.3, -0.25) is 4.99 Å². The minimum Gasteiger partial charge on any atom is -0.251 e. The van der Waals surface area contributed by atoms with Crippen molar-refractivity contribution in [1.82, 2.24) is 0 Å². The van der Waals surface area contributed by atoms with Gasteiger partial charge in [-0.1, -0.05) is 140 Å². The Balaban J connectivity index is 0.00000722. The van der Waals surface area contributed by atoms with Gasteiger partial charge in [0.25, 0.3) is 0 Å². The molecular weight excluding hydrogens is 507 g/mol. The van der Waals surface area contributed by atoms with E-state index in [4.69, 9.17) is 9.98 Å². The predicted molar refractivity (Wildman–Crippen MR) is 166 cm³/mol. The average molecular weight is 560 g/mol. The Hall–Kier alpha value is -1.99. The standard InChI is InChI=1S/C35H52N2.Ni/c1-3-5-7-8-9-10-11-12-13-14-15-16-17-18-25-31-35(37-33-28-23-20-24-29-33)34(30-6-4-2)36-32-26-21-19-22-27-32;/h19-29,31H,3-18,30H2,1-2H3;/b31-25+,36-34+,37-35+;. The fraction of sp³-hybridized carbons (Fsp3) is 0.543. The molecule has 0 N–H and O–H groups in total. The Morgan fingerprint density at radius 1 is 0.553 bits per heavy atom. The van der Waals surface area contributed by atoms with Gasteiger partial charge in [-0.15, -0.1) is 0 Å². The zero-order chi connectivity index (χ0) is 26.2. The summed E-state index contributed by atoms with van der Waals surface area (Å²) in [4.78, 5) is 10.0. The number of rotatable bonds is 21. The Kier molecular flexibility index (Phi) is 21.6. The molecule has 212 valence electrons. The summed E-state index contributed by atoms with van der Waals surface area (Å²) >= 11 is 0. The van der Waals surface area contributed by atoms with Gasteiger partial charge in [-0.25, -0.2) is 4.99 Å². The number of nitrogens with zero attached hydrogens (tertiary/aromatic N) is 2. The van der Waals surface area contributed by atoms with E-state index in [0.717, 1.165) is 48.5 Å². The van der Waals surface area contributed by atoms with Crippen LogP contribution in [0.25, 0.3) is 0 Å². The van der Waals surface area contributed by atoms with Crippen LogP contribution in [0.5, 0.6) is 0 Å². The van der Waals surface area contributed by atoms with Gasteiger partial charge in [0, 0.05) is 16.5 Å². The normalized spacial score (nSPS) is 12.2. The summed E-state index contributed by atoms with van der Waals surface area (Å²) in [6.07, 6.45) is 27.0. The Morgan fingerprint density at radius 3 is 1.50 bits per heavy atom. The maximum Gasteiger partial charge on any atom is 0.0848 e. The maximum atomic E-state index is 5.02. The van der Waals surface area contributed by atoms with Crippen LogP contribution in [0.1, 0.15) is 123 Å². The minimum atomic E-state index is 0. The molecule has 0 fully saturated rings. The van der Waals surface area contributed by atoms with E-state index in [1.807, 2.05) is 24.3 Å². The van der Waals surface area contributed by atoms with Crippen LogP contribution in [0.3, 0.4) is 0 Å². The molecule has 2 nitrogen and oxygen atoms in total. The van der Waals surface area contributed by atoms with E-state index >= 15 is 0 Å². The summed E-state index contributed by atoms with van der Waals surface area (Å²) in [6.45, 7) is 4.53. The van der Waals surface area contributed by atoms with Crippen LogP contribution < -0.4 is 0 Å². The molecule has 38 heavy (non-hydrogen) atoms. The van der Waals surface area contributed by atoms with Crippen molar-refractivity contribution in [3.05, 3.63) is 72.8 Å². The van der Waals surface area contributed by atoms with Crippen molar-refractivity contribution in [2.75, 3.05) is 0 Å². The van der Waals surface area contributed by atoms with Crippen LogP contribution in [-0.4, -0.2) is 11.4 Å². The van der Waals surface area contributed by atoms with Crippen LogP contribution in [0.2, 0.25) is 0 Å². The molecule has 3 heteroatoms. The van der Waals surface area contributed by atoms with Gasteiger partial charge in [0.2, 0.25) is 0 Å². The van der Waals surface area contributed by atoms with E-state index in [2.05, 4.69) is 62.4 Å². The fourth-order valence-corrected chi connectivity index (χ4v) is 4.56. The second kappa shape index (κ2) is 24.1. The zero-order valence-corrected chi connectivity index (χ0v) is 25.1. The van der Waals surface area contributed by atoms with Gasteiger partial charge in [0.15, 0.2) is 0 Å². The molecule has 0 heterocycles. The first-order chi connectivity index (χ1) is 18.3. The number of allylic oxidation sites excluding steroid dienone is 2. The molecule has 0 aromatic heterocycles. The maximum absolute atomic E-state index is 5.02. The first kappa shape index (κ1) is 34.0. The largest absolute Gasteiger partial charge is 0.251 e. The van der Waals surface area contributed by atoms with Crippen molar-refractivity contribution in [2.45, 2.75) is 123 Å². The molecule has 2 rings (SSSR count). The number of hydrogen-bond acceptors (Lipinski definition) is 2. The quantitative estimate of drug-likeness (QED) is 0.0826. The van der Waals surface area contributed by atoms with Crippen molar-refractivity contribution >= 4 is 22.8 Å². The zero-order valence-electron chi connectivity index (χ0n) is 24.2. The molecule has 0 aliphatic carbocycles. The van der Waals surface area contributed by atoms with Crippen LogP contribution in [0.15, 0.2) is 82.8 Å². The van der Waals surface area contributed by atoms with Crippen LogP contribution in [0.4, 0.5) is 11.4 Å². The average Bonchev–Trinajstić information content (AvgIpc) is 2.93. The second-order valence-electron chi connectivity index (χ2n) is 10.3. The molecule has 0 amide bonds. The predicted octanol–water partition coefficient (Wildman–Crippen LogP) is 11.8. The van der Waals surface area contributed by atoms with E-state index in [9.17, 15) is 0 Å². The summed E-state index contributed by atoms with van der Waals surface area (Å²) in [5.74, 6) is 0. The van der Waals surface area contributed by atoms with Gasteiger partial charge in [0.1, 0.15) is 0 Å². The molecule has 0 aliphatic heterocycles. The van der Waals surface area contributed by atoms with Crippen molar-refractivity contribution in [3.8, 4) is 0 Å². The monoisotopic (exact) mass is 558 g/mol. The SMILES string of the molecule is CCCCCCCCCCCCCCC/C=C/C(=N\c1ccccc1)C(/CCCC)=N/c1ccccc1.[Ni]. The summed E-state index contributed by atoms with van der Waals surface area (Å²) < 4.78 is 0. The van der Waals surface area contributed by atoms with E-state index in [1.54, 1.807) is 0 Å².